The van der Waals surface area contributed by atoms with Gasteiger partial charge in [0.15, 0.2) is 0 Å². The summed E-state index contributed by atoms with van der Waals surface area (Å²) in [5, 5.41) is 0. The number of nitrogens with two attached hydrogens (primary N) is 1. The maximum absolute atomic E-state index is 14.4. The molecule has 0 unspecified atom stereocenters. The molecule has 3 aromatic rings. The second-order valence-corrected chi connectivity index (χ2v) is 6.71. The molecule has 0 aliphatic carbocycles. The number of hydrogen-bond acceptors (Lipinski definition) is 4. The summed E-state index contributed by atoms with van der Waals surface area (Å²) in [4.78, 5) is 42.6. The smallest absolute Gasteiger partial charge is 0.261 e. The Morgan fingerprint density at radius 2 is 1.52 bits per heavy atom. The summed E-state index contributed by atoms with van der Waals surface area (Å²) >= 11 is 0. The lowest BCUT2D eigenvalue weighted by molar-refractivity contribution is 0.0639. The van der Waals surface area contributed by atoms with E-state index in [1.165, 1.54) is 24.3 Å². The highest BCUT2D eigenvalue weighted by atomic mass is 19.1. The molecule has 0 saturated carbocycles. The summed E-state index contributed by atoms with van der Waals surface area (Å²) < 4.78 is 14.4. The van der Waals surface area contributed by atoms with Gasteiger partial charge in [-0.2, -0.15) is 0 Å². The Hall–Kier alpha value is -3.87. The highest BCUT2D eigenvalue weighted by Gasteiger charge is 2.35. The third-order valence-corrected chi connectivity index (χ3v) is 4.86. The van der Waals surface area contributed by atoms with Crippen molar-refractivity contribution in [1.82, 2.24) is 9.88 Å². The lowest BCUT2D eigenvalue weighted by Gasteiger charge is -2.17. The third-order valence-electron chi connectivity index (χ3n) is 4.86. The highest BCUT2D eigenvalue weighted by molar-refractivity contribution is 6.21. The minimum absolute atomic E-state index is 0.0983. The van der Waals surface area contributed by atoms with E-state index < -0.39 is 23.5 Å². The molecule has 0 spiro atoms. The van der Waals surface area contributed by atoms with E-state index in [0.717, 1.165) is 4.90 Å². The van der Waals surface area contributed by atoms with Gasteiger partial charge in [-0.15, -0.1) is 0 Å². The van der Waals surface area contributed by atoms with Crippen molar-refractivity contribution in [3.63, 3.8) is 0 Å². The zero-order valence-corrected chi connectivity index (χ0v) is 15.5. The first-order valence-corrected chi connectivity index (χ1v) is 8.89. The number of imide groups is 1. The first-order valence-electron chi connectivity index (χ1n) is 8.89. The molecule has 1 aliphatic heterocycles. The van der Waals surface area contributed by atoms with Crippen LogP contribution in [0.2, 0.25) is 0 Å². The van der Waals surface area contributed by atoms with Crippen LogP contribution in [0.25, 0.3) is 11.1 Å². The monoisotopic (exact) mass is 389 g/mol. The Morgan fingerprint density at radius 3 is 2.07 bits per heavy atom. The molecule has 0 bridgehead atoms. The molecule has 1 aromatic heterocycles. The maximum atomic E-state index is 14.4. The molecule has 0 atom stereocenters. The Labute approximate surface area is 165 Å². The van der Waals surface area contributed by atoms with Crippen molar-refractivity contribution < 1.29 is 18.8 Å². The van der Waals surface area contributed by atoms with E-state index in [1.54, 1.807) is 37.3 Å². The van der Waals surface area contributed by atoms with Gasteiger partial charge in [0.25, 0.3) is 17.7 Å². The molecule has 7 heteroatoms. The van der Waals surface area contributed by atoms with Gasteiger partial charge < -0.3 is 5.73 Å². The van der Waals surface area contributed by atoms with E-state index in [4.69, 9.17) is 5.73 Å². The van der Waals surface area contributed by atoms with E-state index in [1.807, 2.05) is 0 Å². The molecule has 1 aliphatic rings. The fourth-order valence-electron chi connectivity index (χ4n) is 3.57. The molecule has 0 fully saturated rings. The van der Waals surface area contributed by atoms with Crippen LogP contribution in [0, 0.1) is 12.7 Å². The van der Waals surface area contributed by atoms with Crippen LogP contribution in [-0.4, -0.2) is 27.6 Å². The molecule has 0 saturated heterocycles. The molecular weight excluding hydrogens is 373 g/mol. The van der Waals surface area contributed by atoms with Crippen LogP contribution in [0.1, 0.15) is 42.5 Å². The molecule has 2 N–H and O–H groups in total. The number of carbonyl (C=O) groups excluding carboxylic acids is 3. The largest absolute Gasteiger partial charge is 0.366 e. The highest BCUT2D eigenvalue weighted by Crippen LogP contribution is 2.30. The molecule has 3 amide bonds. The first kappa shape index (κ1) is 18.5. The summed E-state index contributed by atoms with van der Waals surface area (Å²) in [5.74, 6) is -2.10. The number of rotatable bonds is 4. The number of hydrogen-bond donors (Lipinski definition) is 1. The van der Waals surface area contributed by atoms with Crippen molar-refractivity contribution in [2.45, 2.75) is 13.5 Å². The maximum Gasteiger partial charge on any atom is 0.261 e. The van der Waals surface area contributed by atoms with Crippen LogP contribution in [0.15, 0.2) is 54.6 Å². The average molecular weight is 389 g/mol. The van der Waals surface area contributed by atoms with Gasteiger partial charge in [0.2, 0.25) is 0 Å². The Bertz CT molecular complexity index is 1150. The van der Waals surface area contributed by atoms with Crippen molar-refractivity contribution >= 4 is 17.7 Å². The SMILES string of the molecule is Cc1nc(CN2C(=O)c3ccccc3C2=O)cc(-c2ccccc2F)c1C(N)=O. The van der Waals surface area contributed by atoms with Crippen molar-refractivity contribution in [2.75, 3.05) is 0 Å². The van der Waals surface area contributed by atoms with Gasteiger partial charge in [-0.25, -0.2) is 4.39 Å². The van der Waals surface area contributed by atoms with Gasteiger partial charge in [0.05, 0.1) is 34.6 Å². The van der Waals surface area contributed by atoms with Crippen LogP contribution in [0.3, 0.4) is 0 Å². The molecule has 4 rings (SSSR count). The number of nitrogens with zero attached hydrogens (tertiary/aromatic N) is 2. The topological polar surface area (TPSA) is 93.4 Å². The molecule has 2 aromatic carbocycles. The van der Waals surface area contributed by atoms with E-state index >= 15 is 0 Å². The Kier molecular flexibility index (Phi) is 4.43. The van der Waals surface area contributed by atoms with Crippen LogP contribution in [0.5, 0.6) is 0 Å². The third kappa shape index (κ3) is 3.06. The van der Waals surface area contributed by atoms with Crippen molar-refractivity contribution in [3.05, 3.63) is 88.5 Å². The van der Waals surface area contributed by atoms with E-state index in [0.29, 0.717) is 22.5 Å². The molecule has 6 nitrogen and oxygen atoms in total. The van der Waals surface area contributed by atoms with Crippen molar-refractivity contribution in [2.24, 2.45) is 5.73 Å². The second-order valence-electron chi connectivity index (χ2n) is 6.71. The Balaban J connectivity index is 1.79. The number of halogens is 1. The van der Waals surface area contributed by atoms with E-state index in [-0.39, 0.29) is 23.2 Å². The number of carbonyl (C=O) groups is 3. The second kappa shape index (κ2) is 6.94. The number of primary amides is 1. The summed E-state index contributed by atoms with van der Waals surface area (Å²) in [6.45, 7) is 1.48. The number of aryl methyl sites for hydroxylation is 1. The fraction of sp³-hybridized carbons (Fsp3) is 0.0909. The molecular formula is C22H16FN3O3. The summed E-state index contributed by atoms with van der Waals surface area (Å²) in [6, 6.07) is 14.0. The number of fused-ring (bicyclic) bond motifs is 1. The molecule has 2 heterocycles. The van der Waals surface area contributed by atoms with Crippen LogP contribution >= 0.6 is 0 Å². The van der Waals surface area contributed by atoms with Gasteiger partial charge in [0.1, 0.15) is 5.82 Å². The van der Waals surface area contributed by atoms with Crippen LogP contribution in [0.4, 0.5) is 4.39 Å². The summed E-state index contributed by atoms with van der Waals surface area (Å²) in [5.41, 5.74) is 7.36. The van der Waals surface area contributed by atoms with Crippen molar-refractivity contribution in [1.29, 1.82) is 0 Å². The summed E-state index contributed by atoms with van der Waals surface area (Å²) in [7, 11) is 0. The number of aromatic nitrogens is 1. The first-order chi connectivity index (χ1) is 13.9. The predicted molar refractivity (Wildman–Crippen MR) is 104 cm³/mol. The molecule has 29 heavy (non-hydrogen) atoms. The standard InChI is InChI=1S/C22H16FN3O3/c1-12-19(20(24)27)17(14-6-4-5-9-18(14)23)10-13(25-12)11-26-21(28)15-7-2-3-8-16(15)22(26)29/h2-10H,11H2,1H3,(H2,24,27). The Morgan fingerprint density at radius 1 is 0.966 bits per heavy atom. The molecule has 0 radical (unpaired) electrons. The van der Waals surface area contributed by atoms with Gasteiger partial charge in [-0.1, -0.05) is 30.3 Å². The lowest BCUT2D eigenvalue weighted by atomic mass is 9.97. The number of pyridine rings is 1. The van der Waals surface area contributed by atoms with Gasteiger partial charge in [-0.05, 0) is 31.2 Å². The van der Waals surface area contributed by atoms with Gasteiger partial charge >= 0.3 is 0 Å². The zero-order valence-electron chi connectivity index (χ0n) is 15.5. The van der Waals surface area contributed by atoms with Gasteiger partial charge in [-0.3, -0.25) is 24.3 Å². The number of amides is 3. The van der Waals surface area contributed by atoms with E-state index in [9.17, 15) is 18.8 Å². The average Bonchev–Trinajstić information content (AvgIpc) is 2.93. The molecule has 144 valence electrons. The van der Waals surface area contributed by atoms with Crippen LogP contribution in [-0.2, 0) is 6.54 Å². The zero-order chi connectivity index (χ0) is 20.7. The van der Waals surface area contributed by atoms with Gasteiger partial charge in [0, 0.05) is 11.1 Å². The fourth-order valence-corrected chi connectivity index (χ4v) is 3.57. The predicted octanol–water partition coefficient (Wildman–Crippen LogP) is 3.09. The normalized spacial score (nSPS) is 13.0. The minimum atomic E-state index is -0.736. The van der Waals surface area contributed by atoms with Crippen LogP contribution < -0.4 is 5.73 Å². The number of benzene rings is 2. The minimum Gasteiger partial charge on any atom is -0.366 e. The quantitative estimate of drug-likeness (QED) is 0.694. The van der Waals surface area contributed by atoms with Crippen molar-refractivity contribution in [3.8, 4) is 11.1 Å². The van der Waals surface area contributed by atoms with E-state index in [2.05, 4.69) is 4.98 Å². The lowest BCUT2D eigenvalue weighted by Crippen LogP contribution is -2.30. The summed E-state index contributed by atoms with van der Waals surface area (Å²) in [6.07, 6.45) is 0.